The molecule has 0 spiro atoms. The average Bonchev–Trinajstić information content (AvgIpc) is 2.61. The predicted octanol–water partition coefficient (Wildman–Crippen LogP) is 0.831. The van der Waals surface area contributed by atoms with E-state index in [0.29, 0.717) is 23.6 Å². The van der Waals surface area contributed by atoms with Gasteiger partial charge >= 0.3 is 0 Å². The SMILES string of the molecule is O=C1CCC2C=C3NCSC3CC2N1. The summed E-state index contributed by atoms with van der Waals surface area (Å²) in [6.07, 6.45) is 5.18. The number of hydrogen-bond donors (Lipinski definition) is 2. The molecule has 2 saturated heterocycles. The van der Waals surface area contributed by atoms with Crippen molar-refractivity contribution < 1.29 is 4.79 Å². The van der Waals surface area contributed by atoms with Crippen molar-refractivity contribution in [2.75, 3.05) is 5.88 Å². The van der Waals surface area contributed by atoms with Gasteiger partial charge in [0.25, 0.3) is 0 Å². The molecule has 1 aliphatic carbocycles. The minimum absolute atomic E-state index is 0.235. The number of nitrogens with one attached hydrogen (secondary N) is 2. The van der Waals surface area contributed by atoms with Crippen LogP contribution in [0.25, 0.3) is 0 Å². The summed E-state index contributed by atoms with van der Waals surface area (Å²) in [6, 6.07) is 0.400. The molecule has 0 saturated carbocycles. The summed E-state index contributed by atoms with van der Waals surface area (Å²) in [5.41, 5.74) is 1.41. The molecule has 0 aromatic rings. The van der Waals surface area contributed by atoms with E-state index in [4.69, 9.17) is 0 Å². The molecule has 3 rings (SSSR count). The number of thioether (sulfide) groups is 1. The van der Waals surface area contributed by atoms with Gasteiger partial charge < -0.3 is 10.6 Å². The van der Waals surface area contributed by atoms with Crippen LogP contribution < -0.4 is 10.6 Å². The van der Waals surface area contributed by atoms with E-state index in [-0.39, 0.29) is 5.91 Å². The standard InChI is InChI=1S/C10H14N2OS/c13-10-2-1-6-3-8-9(14-5-11-8)4-7(6)12-10/h3,6-7,9,11H,1-2,4-5H2,(H,12,13). The molecule has 76 valence electrons. The van der Waals surface area contributed by atoms with Crippen molar-refractivity contribution in [1.29, 1.82) is 0 Å². The fourth-order valence-corrected chi connectivity index (χ4v) is 3.71. The zero-order valence-electron chi connectivity index (χ0n) is 7.95. The van der Waals surface area contributed by atoms with Gasteiger partial charge in [-0.1, -0.05) is 6.08 Å². The van der Waals surface area contributed by atoms with Gasteiger partial charge in [0, 0.05) is 23.4 Å². The monoisotopic (exact) mass is 210 g/mol. The van der Waals surface area contributed by atoms with Crippen LogP contribution in [0.4, 0.5) is 0 Å². The fraction of sp³-hybridized carbons (Fsp3) is 0.700. The molecular weight excluding hydrogens is 196 g/mol. The Morgan fingerprint density at radius 3 is 3.36 bits per heavy atom. The van der Waals surface area contributed by atoms with Crippen molar-refractivity contribution in [2.45, 2.75) is 30.6 Å². The Kier molecular flexibility index (Phi) is 1.97. The van der Waals surface area contributed by atoms with Gasteiger partial charge in [0.05, 0.1) is 5.88 Å². The molecule has 3 nitrogen and oxygen atoms in total. The Morgan fingerprint density at radius 2 is 2.43 bits per heavy atom. The van der Waals surface area contributed by atoms with Crippen LogP contribution in [0.15, 0.2) is 11.8 Å². The van der Waals surface area contributed by atoms with Gasteiger partial charge in [0.2, 0.25) is 5.91 Å². The molecule has 3 aliphatic rings. The van der Waals surface area contributed by atoms with Crippen LogP contribution >= 0.6 is 11.8 Å². The van der Waals surface area contributed by atoms with E-state index in [1.807, 2.05) is 11.8 Å². The lowest BCUT2D eigenvalue weighted by molar-refractivity contribution is -0.124. The van der Waals surface area contributed by atoms with Crippen molar-refractivity contribution in [3.05, 3.63) is 11.8 Å². The molecule has 1 amide bonds. The van der Waals surface area contributed by atoms with Gasteiger partial charge in [-0.15, -0.1) is 11.8 Å². The topological polar surface area (TPSA) is 41.1 Å². The van der Waals surface area contributed by atoms with E-state index >= 15 is 0 Å². The number of amides is 1. The smallest absolute Gasteiger partial charge is 0.220 e. The van der Waals surface area contributed by atoms with E-state index in [1.165, 1.54) is 5.70 Å². The molecular formula is C10H14N2OS. The highest BCUT2D eigenvalue weighted by molar-refractivity contribution is 8.00. The number of piperidine rings is 1. The van der Waals surface area contributed by atoms with Crippen LogP contribution in [0.3, 0.4) is 0 Å². The molecule has 0 radical (unpaired) electrons. The van der Waals surface area contributed by atoms with Gasteiger partial charge in [0.1, 0.15) is 0 Å². The molecule has 3 atom stereocenters. The summed E-state index contributed by atoms with van der Waals surface area (Å²) in [5.74, 6) is 1.84. The summed E-state index contributed by atoms with van der Waals surface area (Å²) < 4.78 is 0. The third kappa shape index (κ3) is 1.32. The highest BCUT2D eigenvalue weighted by Gasteiger charge is 2.36. The van der Waals surface area contributed by atoms with E-state index in [2.05, 4.69) is 16.7 Å². The Morgan fingerprint density at radius 1 is 1.50 bits per heavy atom. The Hall–Kier alpha value is -0.640. The summed E-state index contributed by atoms with van der Waals surface area (Å²) in [5, 5.41) is 7.13. The summed E-state index contributed by atoms with van der Waals surface area (Å²) in [7, 11) is 0. The van der Waals surface area contributed by atoms with Crippen molar-refractivity contribution >= 4 is 17.7 Å². The van der Waals surface area contributed by atoms with Crippen LogP contribution in [0.5, 0.6) is 0 Å². The van der Waals surface area contributed by atoms with Crippen molar-refractivity contribution in [2.24, 2.45) is 5.92 Å². The molecule has 0 bridgehead atoms. The average molecular weight is 210 g/mol. The molecule has 2 aliphatic heterocycles. The molecule has 4 heteroatoms. The third-order valence-electron chi connectivity index (χ3n) is 3.34. The predicted molar refractivity (Wildman–Crippen MR) is 56.7 cm³/mol. The molecule has 2 heterocycles. The summed E-state index contributed by atoms with van der Waals surface area (Å²) in [4.78, 5) is 11.3. The van der Waals surface area contributed by atoms with Crippen LogP contribution in [0, 0.1) is 5.92 Å². The first kappa shape index (κ1) is 8.65. The van der Waals surface area contributed by atoms with E-state index in [1.54, 1.807) is 0 Å². The second kappa shape index (κ2) is 3.19. The Bertz CT molecular complexity index is 302. The molecule has 14 heavy (non-hydrogen) atoms. The largest absolute Gasteiger partial charge is 0.379 e. The minimum atomic E-state index is 0.235. The lowest BCUT2D eigenvalue weighted by atomic mass is 9.82. The molecule has 0 aromatic carbocycles. The first-order valence-corrected chi connectivity index (χ1v) is 6.24. The molecule has 2 fully saturated rings. The van der Waals surface area contributed by atoms with E-state index < -0.39 is 0 Å². The fourth-order valence-electron chi connectivity index (χ4n) is 2.57. The number of hydrogen-bond acceptors (Lipinski definition) is 3. The lowest BCUT2D eigenvalue weighted by Gasteiger charge is -2.36. The third-order valence-corrected chi connectivity index (χ3v) is 4.50. The van der Waals surface area contributed by atoms with Gasteiger partial charge in [-0.05, 0) is 18.8 Å². The second-order valence-corrected chi connectivity index (χ2v) is 5.40. The normalized spacial score (nSPS) is 40.4. The highest BCUT2D eigenvalue weighted by atomic mass is 32.2. The maximum absolute atomic E-state index is 11.3. The summed E-state index contributed by atoms with van der Waals surface area (Å²) >= 11 is 1.95. The zero-order valence-corrected chi connectivity index (χ0v) is 8.77. The quantitative estimate of drug-likeness (QED) is 0.622. The number of fused-ring (bicyclic) bond motifs is 2. The van der Waals surface area contributed by atoms with Crippen molar-refractivity contribution in [3.8, 4) is 0 Å². The first-order chi connectivity index (χ1) is 6.83. The van der Waals surface area contributed by atoms with E-state index in [9.17, 15) is 4.79 Å². The zero-order chi connectivity index (χ0) is 9.54. The van der Waals surface area contributed by atoms with Crippen LogP contribution in [0.1, 0.15) is 19.3 Å². The van der Waals surface area contributed by atoms with Gasteiger partial charge in [-0.2, -0.15) is 0 Å². The Balaban J connectivity index is 1.83. The second-order valence-electron chi connectivity index (χ2n) is 4.21. The van der Waals surface area contributed by atoms with Gasteiger partial charge in [-0.25, -0.2) is 0 Å². The Labute approximate surface area is 87.7 Å². The van der Waals surface area contributed by atoms with Crippen LogP contribution in [-0.4, -0.2) is 23.1 Å². The van der Waals surface area contributed by atoms with Gasteiger partial charge in [0.15, 0.2) is 0 Å². The van der Waals surface area contributed by atoms with Crippen LogP contribution in [0.2, 0.25) is 0 Å². The highest BCUT2D eigenvalue weighted by Crippen LogP contribution is 2.37. The van der Waals surface area contributed by atoms with Gasteiger partial charge in [-0.3, -0.25) is 4.79 Å². The van der Waals surface area contributed by atoms with Crippen molar-refractivity contribution in [1.82, 2.24) is 10.6 Å². The van der Waals surface area contributed by atoms with E-state index in [0.717, 1.165) is 18.7 Å². The molecule has 3 unspecified atom stereocenters. The number of carbonyl (C=O) groups is 1. The molecule has 2 N–H and O–H groups in total. The maximum atomic E-state index is 11.3. The lowest BCUT2D eigenvalue weighted by Crippen LogP contribution is -2.47. The maximum Gasteiger partial charge on any atom is 0.220 e. The summed E-state index contributed by atoms with van der Waals surface area (Å²) in [6.45, 7) is 0. The van der Waals surface area contributed by atoms with Crippen molar-refractivity contribution in [3.63, 3.8) is 0 Å². The number of carbonyl (C=O) groups excluding carboxylic acids is 1. The molecule has 0 aromatic heterocycles. The first-order valence-electron chi connectivity index (χ1n) is 5.19. The van der Waals surface area contributed by atoms with Crippen LogP contribution in [-0.2, 0) is 4.79 Å². The number of rotatable bonds is 0. The minimum Gasteiger partial charge on any atom is -0.379 e.